The minimum Gasteiger partial charge on any atom is -0.479 e. The minimum atomic E-state index is -1.01. The summed E-state index contributed by atoms with van der Waals surface area (Å²) in [4.78, 5) is 11.2. The Labute approximate surface area is 137 Å². The molecule has 3 rings (SSSR count). The number of aliphatic carboxylic acids is 1. The fourth-order valence-corrected chi connectivity index (χ4v) is 2.45. The summed E-state index contributed by atoms with van der Waals surface area (Å²) in [5.41, 5.74) is 1.94. The van der Waals surface area contributed by atoms with Crippen molar-refractivity contribution >= 4 is 28.5 Å². The molecule has 0 saturated heterocycles. The SMILES string of the molecule is CCC(Oc1cccc2onc(-c3ccc(Cl)cc3)c12)C(=O)O. The van der Waals surface area contributed by atoms with Gasteiger partial charge in [-0.05, 0) is 30.7 Å². The van der Waals surface area contributed by atoms with Crippen molar-refractivity contribution in [2.75, 3.05) is 0 Å². The van der Waals surface area contributed by atoms with Crippen LogP contribution in [0, 0.1) is 0 Å². The number of halogens is 1. The first-order valence-corrected chi connectivity index (χ1v) is 7.51. The fraction of sp³-hybridized carbons (Fsp3) is 0.176. The summed E-state index contributed by atoms with van der Waals surface area (Å²) < 4.78 is 11.0. The molecule has 3 aromatic rings. The molecule has 6 heteroatoms. The van der Waals surface area contributed by atoms with Crippen molar-refractivity contribution in [3.8, 4) is 17.0 Å². The number of carboxylic acids is 1. The Hall–Kier alpha value is -2.53. The molecule has 1 aromatic heterocycles. The summed E-state index contributed by atoms with van der Waals surface area (Å²) in [7, 11) is 0. The van der Waals surface area contributed by atoms with Crippen molar-refractivity contribution in [3.63, 3.8) is 0 Å². The average Bonchev–Trinajstić information content (AvgIpc) is 2.98. The normalized spacial score (nSPS) is 12.3. The largest absolute Gasteiger partial charge is 0.479 e. The Morgan fingerprint density at radius 2 is 2.04 bits per heavy atom. The molecule has 1 unspecified atom stereocenters. The number of carbonyl (C=O) groups is 1. The lowest BCUT2D eigenvalue weighted by Gasteiger charge is -2.14. The van der Waals surface area contributed by atoms with Crippen molar-refractivity contribution < 1.29 is 19.2 Å². The summed E-state index contributed by atoms with van der Waals surface area (Å²) in [6.07, 6.45) is -0.568. The molecular weight excluding hydrogens is 318 g/mol. The van der Waals surface area contributed by atoms with Crippen LogP contribution >= 0.6 is 11.6 Å². The maximum absolute atomic E-state index is 11.2. The zero-order valence-corrected chi connectivity index (χ0v) is 13.1. The maximum Gasteiger partial charge on any atom is 0.344 e. The van der Waals surface area contributed by atoms with Gasteiger partial charge in [0.25, 0.3) is 0 Å². The molecule has 0 amide bonds. The second-order valence-electron chi connectivity index (χ2n) is 5.02. The highest BCUT2D eigenvalue weighted by Gasteiger charge is 2.21. The monoisotopic (exact) mass is 331 g/mol. The van der Waals surface area contributed by atoms with E-state index in [4.69, 9.17) is 20.9 Å². The Morgan fingerprint density at radius 3 is 2.70 bits per heavy atom. The third-order valence-electron chi connectivity index (χ3n) is 3.49. The predicted molar refractivity (Wildman–Crippen MR) is 86.8 cm³/mol. The molecule has 0 aliphatic rings. The second kappa shape index (κ2) is 6.30. The lowest BCUT2D eigenvalue weighted by molar-refractivity contribution is -0.145. The topological polar surface area (TPSA) is 72.6 Å². The van der Waals surface area contributed by atoms with E-state index in [9.17, 15) is 9.90 Å². The van der Waals surface area contributed by atoms with Crippen LogP contribution in [0.5, 0.6) is 5.75 Å². The zero-order chi connectivity index (χ0) is 16.4. The molecule has 118 valence electrons. The van der Waals surface area contributed by atoms with Gasteiger partial charge in [-0.25, -0.2) is 4.79 Å². The highest BCUT2D eigenvalue weighted by molar-refractivity contribution is 6.30. The van der Waals surface area contributed by atoms with Crippen molar-refractivity contribution in [2.45, 2.75) is 19.4 Å². The number of hydrogen-bond acceptors (Lipinski definition) is 4. The van der Waals surface area contributed by atoms with Gasteiger partial charge in [-0.2, -0.15) is 0 Å². The molecule has 0 spiro atoms. The number of ether oxygens (including phenoxy) is 1. The number of fused-ring (bicyclic) bond motifs is 1. The first-order valence-electron chi connectivity index (χ1n) is 7.14. The number of rotatable bonds is 5. The van der Waals surface area contributed by atoms with Gasteiger partial charge in [0.15, 0.2) is 11.7 Å². The fourth-order valence-electron chi connectivity index (χ4n) is 2.33. The lowest BCUT2D eigenvalue weighted by atomic mass is 10.1. The summed E-state index contributed by atoms with van der Waals surface area (Å²) in [6, 6.07) is 12.4. The Kier molecular flexibility index (Phi) is 4.21. The molecule has 2 aromatic carbocycles. The molecule has 0 aliphatic carbocycles. The van der Waals surface area contributed by atoms with Gasteiger partial charge >= 0.3 is 5.97 Å². The third-order valence-corrected chi connectivity index (χ3v) is 3.75. The maximum atomic E-state index is 11.2. The second-order valence-corrected chi connectivity index (χ2v) is 5.46. The van der Waals surface area contributed by atoms with E-state index >= 15 is 0 Å². The molecule has 5 nitrogen and oxygen atoms in total. The molecule has 1 heterocycles. The first-order chi connectivity index (χ1) is 11.1. The molecular formula is C17H14ClNO4. The molecule has 0 radical (unpaired) electrons. The van der Waals surface area contributed by atoms with Gasteiger partial charge in [0.05, 0.1) is 5.39 Å². The van der Waals surface area contributed by atoms with E-state index in [1.165, 1.54) is 0 Å². The van der Waals surface area contributed by atoms with Gasteiger partial charge in [-0.1, -0.05) is 41.9 Å². The van der Waals surface area contributed by atoms with Gasteiger partial charge in [0.2, 0.25) is 0 Å². The third kappa shape index (κ3) is 3.00. The van der Waals surface area contributed by atoms with Crippen LogP contribution in [0.4, 0.5) is 0 Å². The molecule has 1 N–H and O–H groups in total. The van der Waals surface area contributed by atoms with E-state index < -0.39 is 12.1 Å². The van der Waals surface area contributed by atoms with Crippen LogP contribution in [0.2, 0.25) is 5.02 Å². The molecule has 23 heavy (non-hydrogen) atoms. The summed E-state index contributed by atoms with van der Waals surface area (Å²) in [5.74, 6) is -0.572. The van der Waals surface area contributed by atoms with Crippen molar-refractivity contribution in [3.05, 3.63) is 47.5 Å². The minimum absolute atomic E-state index is 0.354. The first kappa shape index (κ1) is 15.4. The number of nitrogens with zero attached hydrogens (tertiary/aromatic N) is 1. The van der Waals surface area contributed by atoms with Gasteiger partial charge < -0.3 is 14.4 Å². The van der Waals surface area contributed by atoms with Crippen LogP contribution in [0.15, 0.2) is 47.0 Å². The van der Waals surface area contributed by atoms with Crippen molar-refractivity contribution in [1.29, 1.82) is 0 Å². The predicted octanol–water partition coefficient (Wildman–Crippen LogP) is 4.39. The van der Waals surface area contributed by atoms with E-state index in [1.807, 2.05) is 12.1 Å². The van der Waals surface area contributed by atoms with Gasteiger partial charge in [-0.3, -0.25) is 0 Å². The molecule has 1 atom stereocenters. The number of carboxylic acid groups (broad SMARTS) is 1. The Balaban J connectivity index is 2.10. The van der Waals surface area contributed by atoms with Crippen molar-refractivity contribution in [1.82, 2.24) is 5.16 Å². The summed E-state index contributed by atoms with van der Waals surface area (Å²) in [5, 5.41) is 14.6. The number of benzene rings is 2. The molecule has 0 fully saturated rings. The number of aromatic nitrogens is 1. The van der Waals surface area contributed by atoms with Crippen LogP contribution < -0.4 is 4.74 Å². The van der Waals surface area contributed by atoms with E-state index in [0.29, 0.717) is 33.9 Å². The van der Waals surface area contributed by atoms with Crippen LogP contribution in [0.1, 0.15) is 13.3 Å². The molecule has 0 bridgehead atoms. The van der Waals surface area contributed by atoms with Crippen LogP contribution in [0.25, 0.3) is 22.2 Å². The van der Waals surface area contributed by atoms with Crippen LogP contribution in [-0.2, 0) is 4.79 Å². The standard InChI is InChI=1S/C17H14ClNO4/c1-2-12(17(20)21)22-13-4-3-5-14-15(13)16(19-23-14)10-6-8-11(18)9-7-10/h3-9,12H,2H2,1H3,(H,20,21). The smallest absolute Gasteiger partial charge is 0.344 e. The Bertz CT molecular complexity index is 841. The summed E-state index contributed by atoms with van der Waals surface area (Å²) in [6.45, 7) is 1.76. The van der Waals surface area contributed by atoms with Gasteiger partial charge in [-0.15, -0.1) is 0 Å². The van der Waals surface area contributed by atoms with Crippen molar-refractivity contribution in [2.24, 2.45) is 0 Å². The van der Waals surface area contributed by atoms with Crippen LogP contribution in [0.3, 0.4) is 0 Å². The van der Waals surface area contributed by atoms with Gasteiger partial charge in [0.1, 0.15) is 11.4 Å². The molecule has 0 aliphatic heterocycles. The highest BCUT2D eigenvalue weighted by atomic mass is 35.5. The van der Waals surface area contributed by atoms with E-state index in [2.05, 4.69) is 5.16 Å². The quantitative estimate of drug-likeness (QED) is 0.750. The highest BCUT2D eigenvalue weighted by Crippen LogP contribution is 2.35. The lowest BCUT2D eigenvalue weighted by Crippen LogP contribution is -2.25. The van der Waals surface area contributed by atoms with Gasteiger partial charge in [0, 0.05) is 10.6 Å². The van der Waals surface area contributed by atoms with E-state index in [-0.39, 0.29) is 0 Å². The van der Waals surface area contributed by atoms with E-state index in [1.54, 1.807) is 37.3 Å². The van der Waals surface area contributed by atoms with E-state index in [0.717, 1.165) is 5.56 Å². The number of hydrogen-bond donors (Lipinski definition) is 1. The zero-order valence-electron chi connectivity index (χ0n) is 12.3. The van der Waals surface area contributed by atoms with Crippen LogP contribution in [-0.4, -0.2) is 22.3 Å². The average molecular weight is 332 g/mol. The Morgan fingerprint density at radius 1 is 1.30 bits per heavy atom. The molecule has 0 saturated carbocycles. The summed E-state index contributed by atoms with van der Waals surface area (Å²) >= 11 is 5.91.